The second-order valence-corrected chi connectivity index (χ2v) is 8.04. The highest BCUT2D eigenvalue weighted by Gasteiger charge is 2.40. The molecule has 3 rings (SSSR count). The first-order chi connectivity index (χ1) is 12.8. The van der Waals surface area contributed by atoms with Gasteiger partial charge in [-0.3, -0.25) is 0 Å². The number of aliphatic carboxylic acids is 1. The van der Waals surface area contributed by atoms with Crippen molar-refractivity contribution in [3.63, 3.8) is 0 Å². The Morgan fingerprint density at radius 2 is 1.70 bits per heavy atom. The van der Waals surface area contributed by atoms with Gasteiger partial charge in [-0.05, 0) is 36.7 Å². The van der Waals surface area contributed by atoms with Gasteiger partial charge in [-0.1, -0.05) is 54.1 Å². The van der Waals surface area contributed by atoms with Gasteiger partial charge in [-0.2, -0.15) is 0 Å². The van der Waals surface area contributed by atoms with E-state index < -0.39 is 23.7 Å². The van der Waals surface area contributed by atoms with E-state index in [0.29, 0.717) is 17.8 Å². The first-order valence-corrected chi connectivity index (χ1v) is 9.72. The number of benzene rings is 1. The molecule has 0 heterocycles. The fraction of sp³-hybridized carbons (Fsp3) is 0.500. The van der Waals surface area contributed by atoms with Gasteiger partial charge in [0.25, 0.3) is 0 Å². The second-order valence-electron chi connectivity index (χ2n) is 6.84. The first kappa shape index (κ1) is 20.2. The van der Waals surface area contributed by atoms with Gasteiger partial charge >= 0.3 is 17.9 Å². The molecule has 0 radical (unpaired) electrons. The number of carboxylic acids is 1. The van der Waals surface area contributed by atoms with E-state index in [0.717, 1.165) is 31.7 Å². The molecule has 27 heavy (non-hydrogen) atoms. The summed E-state index contributed by atoms with van der Waals surface area (Å²) in [6.07, 6.45) is 5.70. The summed E-state index contributed by atoms with van der Waals surface area (Å²) in [5.41, 5.74) is -0.355. The Kier molecular flexibility index (Phi) is 6.18. The number of carboxylic acid groups (broad SMARTS) is 1. The topological polar surface area (TPSA) is 89.9 Å². The third-order valence-corrected chi connectivity index (χ3v) is 6.16. The normalized spacial score (nSPS) is 17.7. The number of carbonyl (C=O) groups is 3. The largest absolute Gasteiger partial charge is 0.473 e. The summed E-state index contributed by atoms with van der Waals surface area (Å²) in [5.74, 6) is -3.37. The van der Waals surface area contributed by atoms with Crippen molar-refractivity contribution < 1.29 is 29.0 Å². The summed E-state index contributed by atoms with van der Waals surface area (Å²) < 4.78 is 10.2. The summed E-state index contributed by atoms with van der Waals surface area (Å²) in [4.78, 5) is 34.8. The lowest BCUT2D eigenvalue weighted by atomic mass is 9.74. The van der Waals surface area contributed by atoms with E-state index in [4.69, 9.17) is 49.4 Å². The summed E-state index contributed by atoms with van der Waals surface area (Å²) >= 11 is 18.0. The molecule has 6 nitrogen and oxygen atoms in total. The molecule has 2 aliphatic rings. The molecule has 0 bridgehead atoms. The maximum absolute atomic E-state index is 12.7. The fourth-order valence-electron chi connectivity index (χ4n) is 3.29. The molecule has 2 fully saturated rings. The summed E-state index contributed by atoms with van der Waals surface area (Å²) in [7, 11) is 0. The molecule has 146 valence electrons. The molecule has 1 aromatic rings. The molecule has 0 aliphatic heterocycles. The first-order valence-electron chi connectivity index (χ1n) is 8.59. The third kappa shape index (κ3) is 4.50. The molecule has 1 aromatic carbocycles. The average Bonchev–Trinajstić information content (AvgIpc) is 3.39. The van der Waals surface area contributed by atoms with Crippen molar-refractivity contribution in [3.05, 3.63) is 26.7 Å². The molecule has 2 aliphatic carbocycles. The van der Waals surface area contributed by atoms with Gasteiger partial charge in [0, 0.05) is 0 Å². The number of hydrogen-bond donors (Lipinski definition) is 1. The van der Waals surface area contributed by atoms with E-state index in [1.54, 1.807) is 0 Å². The number of ether oxygens (including phenoxy) is 2. The van der Waals surface area contributed by atoms with E-state index in [9.17, 15) is 14.4 Å². The summed E-state index contributed by atoms with van der Waals surface area (Å²) in [6, 6.07) is 1.16. The number of hydrogen-bond acceptors (Lipinski definition) is 5. The SMILES string of the molecule is O=C(O)C(=O)Oc1c(Cl)cc(Cl)c(Cl)c1C(=O)OCC(C1CCC1)C1CC1. The van der Waals surface area contributed by atoms with Crippen LogP contribution in [0.5, 0.6) is 5.75 Å². The lowest BCUT2D eigenvalue weighted by molar-refractivity contribution is -0.158. The van der Waals surface area contributed by atoms with Crippen LogP contribution < -0.4 is 4.74 Å². The molecule has 1 N–H and O–H groups in total. The molecule has 2 saturated carbocycles. The van der Waals surface area contributed by atoms with E-state index in [2.05, 4.69) is 0 Å². The van der Waals surface area contributed by atoms with E-state index in [-0.39, 0.29) is 27.2 Å². The number of rotatable bonds is 6. The Morgan fingerprint density at radius 3 is 2.22 bits per heavy atom. The lowest BCUT2D eigenvalue weighted by Crippen LogP contribution is -2.29. The predicted octanol–water partition coefficient (Wildman–Crippen LogP) is 4.62. The van der Waals surface area contributed by atoms with E-state index >= 15 is 0 Å². The predicted molar refractivity (Wildman–Crippen MR) is 98.6 cm³/mol. The minimum Gasteiger partial charge on any atom is -0.473 e. The van der Waals surface area contributed by atoms with Gasteiger partial charge in [0.15, 0.2) is 5.75 Å². The maximum Gasteiger partial charge on any atom is 0.422 e. The number of esters is 2. The Balaban J connectivity index is 1.81. The van der Waals surface area contributed by atoms with Crippen LogP contribution in [0.3, 0.4) is 0 Å². The average molecular weight is 436 g/mol. The third-order valence-electron chi connectivity index (χ3n) is 5.09. The molecule has 0 saturated heterocycles. The number of carbonyl (C=O) groups excluding carboxylic acids is 2. The monoisotopic (exact) mass is 434 g/mol. The molecule has 0 spiro atoms. The summed E-state index contributed by atoms with van der Waals surface area (Å²) in [6.45, 7) is 0.223. The zero-order valence-corrected chi connectivity index (χ0v) is 16.4. The highest BCUT2D eigenvalue weighted by atomic mass is 35.5. The van der Waals surface area contributed by atoms with Crippen molar-refractivity contribution in [1.82, 2.24) is 0 Å². The van der Waals surface area contributed by atoms with E-state index in [1.165, 1.54) is 6.42 Å². The Labute approximate surface area is 170 Å². The highest BCUT2D eigenvalue weighted by molar-refractivity contribution is 6.46. The minimum absolute atomic E-state index is 0.0403. The van der Waals surface area contributed by atoms with Crippen molar-refractivity contribution in [2.75, 3.05) is 6.61 Å². The molecule has 1 atom stereocenters. The smallest absolute Gasteiger partial charge is 0.422 e. The van der Waals surface area contributed by atoms with Crippen LogP contribution in [-0.2, 0) is 14.3 Å². The van der Waals surface area contributed by atoms with Crippen LogP contribution in [0.25, 0.3) is 0 Å². The van der Waals surface area contributed by atoms with Crippen molar-refractivity contribution in [1.29, 1.82) is 0 Å². The standard InChI is InChI=1S/C18H17Cl3O6/c19-11-6-12(20)15(27-18(25)16(22)23)13(14(11)21)17(24)26-7-10(9-4-5-9)8-2-1-3-8/h6,8-10H,1-5,7H2,(H,22,23). The van der Waals surface area contributed by atoms with Crippen LogP contribution in [-0.4, -0.2) is 29.6 Å². The van der Waals surface area contributed by atoms with Crippen LogP contribution >= 0.6 is 34.8 Å². The fourth-order valence-corrected chi connectivity index (χ4v) is 4.01. The molecular weight excluding hydrogens is 419 g/mol. The van der Waals surface area contributed by atoms with Gasteiger partial charge in [0.2, 0.25) is 0 Å². The van der Waals surface area contributed by atoms with E-state index in [1.807, 2.05) is 0 Å². The van der Waals surface area contributed by atoms with Crippen molar-refractivity contribution in [2.45, 2.75) is 32.1 Å². The Hall–Kier alpha value is -1.50. The van der Waals surface area contributed by atoms with Crippen LogP contribution in [0.2, 0.25) is 15.1 Å². The van der Waals surface area contributed by atoms with Gasteiger partial charge in [-0.15, -0.1) is 0 Å². The highest BCUT2D eigenvalue weighted by Crippen LogP contribution is 2.47. The van der Waals surface area contributed by atoms with Crippen LogP contribution in [0.4, 0.5) is 0 Å². The molecule has 1 unspecified atom stereocenters. The second kappa shape index (κ2) is 8.25. The lowest BCUT2D eigenvalue weighted by Gasteiger charge is -2.33. The van der Waals surface area contributed by atoms with Crippen molar-refractivity contribution in [2.24, 2.45) is 17.8 Å². The molecular formula is C18H17Cl3O6. The zero-order valence-electron chi connectivity index (χ0n) is 14.2. The maximum atomic E-state index is 12.7. The Morgan fingerprint density at radius 1 is 1.07 bits per heavy atom. The molecule has 9 heteroatoms. The Bertz CT molecular complexity index is 786. The quantitative estimate of drug-likeness (QED) is 0.303. The van der Waals surface area contributed by atoms with Crippen LogP contribution in [0, 0.1) is 17.8 Å². The van der Waals surface area contributed by atoms with Crippen LogP contribution in [0.1, 0.15) is 42.5 Å². The van der Waals surface area contributed by atoms with Gasteiger partial charge < -0.3 is 14.6 Å². The van der Waals surface area contributed by atoms with Gasteiger partial charge in [0.05, 0.1) is 21.7 Å². The molecule has 0 amide bonds. The minimum atomic E-state index is -1.84. The van der Waals surface area contributed by atoms with Gasteiger partial charge in [-0.25, -0.2) is 14.4 Å². The van der Waals surface area contributed by atoms with Crippen LogP contribution in [0.15, 0.2) is 6.07 Å². The van der Waals surface area contributed by atoms with Crippen molar-refractivity contribution >= 4 is 52.7 Å². The number of halogens is 3. The molecule has 0 aromatic heterocycles. The van der Waals surface area contributed by atoms with Crippen molar-refractivity contribution in [3.8, 4) is 5.75 Å². The zero-order chi connectivity index (χ0) is 19.7. The summed E-state index contributed by atoms with van der Waals surface area (Å²) in [5, 5.41) is 8.26. The van der Waals surface area contributed by atoms with Gasteiger partial charge in [0.1, 0.15) is 5.56 Å².